The summed E-state index contributed by atoms with van der Waals surface area (Å²) in [5.41, 5.74) is 5.33. The molecule has 1 aromatic heterocycles. The van der Waals surface area contributed by atoms with Crippen molar-refractivity contribution in [3.8, 4) is 0 Å². The van der Waals surface area contributed by atoms with Gasteiger partial charge in [0, 0.05) is 23.9 Å². The van der Waals surface area contributed by atoms with Crippen LogP contribution in [0, 0.1) is 10.1 Å². The lowest BCUT2D eigenvalue weighted by atomic mass is 10.2. The number of rotatable bonds is 5. The van der Waals surface area contributed by atoms with Crippen LogP contribution in [0.5, 0.6) is 0 Å². The molecule has 2 aromatic rings. The number of oxime groups is 1. The maximum Gasteiger partial charge on any atom is 0.385 e. The number of nitro groups is 1. The van der Waals surface area contributed by atoms with Crippen LogP contribution < -0.4 is 5.73 Å². The van der Waals surface area contributed by atoms with E-state index >= 15 is 0 Å². The third kappa shape index (κ3) is 3.84. The zero-order chi connectivity index (χ0) is 17.0. The Kier molecular flexibility index (Phi) is 4.59. The van der Waals surface area contributed by atoms with E-state index in [0.717, 1.165) is 12.3 Å². The number of nitro benzene ring substituents is 1. The van der Waals surface area contributed by atoms with Crippen LogP contribution in [0.2, 0.25) is 0 Å². The van der Waals surface area contributed by atoms with Gasteiger partial charge in [-0.1, -0.05) is 5.16 Å². The Balaban J connectivity index is 2.05. The summed E-state index contributed by atoms with van der Waals surface area (Å²) in [6, 6.07) is 6.06. The van der Waals surface area contributed by atoms with Crippen molar-refractivity contribution in [1.29, 1.82) is 0 Å². The second-order valence-electron chi connectivity index (χ2n) is 4.12. The average molecular weight is 325 g/mol. The molecular weight excluding hydrogens is 316 g/mol. The van der Waals surface area contributed by atoms with Crippen LogP contribution in [0.15, 0.2) is 41.7 Å². The second-order valence-corrected chi connectivity index (χ2v) is 4.12. The molecule has 120 valence electrons. The Labute approximate surface area is 127 Å². The number of halogens is 2. The molecule has 1 aromatic carbocycles. The van der Waals surface area contributed by atoms with E-state index in [1.807, 2.05) is 0 Å². The molecule has 9 nitrogen and oxygen atoms in total. The topological polar surface area (TPSA) is 126 Å². The van der Waals surface area contributed by atoms with Crippen molar-refractivity contribution in [3.63, 3.8) is 0 Å². The van der Waals surface area contributed by atoms with Gasteiger partial charge in [-0.2, -0.15) is 13.9 Å². The van der Waals surface area contributed by atoms with Gasteiger partial charge in [-0.05, 0) is 18.2 Å². The van der Waals surface area contributed by atoms with E-state index < -0.39 is 17.4 Å². The molecule has 0 saturated heterocycles. The molecule has 11 heteroatoms. The largest absolute Gasteiger partial charge is 0.385 e. The number of nitrogens with two attached hydrogens (primary N) is 1. The average Bonchev–Trinajstić information content (AvgIpc) is 3.02. The first-order chi connectivity index (χ1) is 10.9. The zero-order valence-corrected chi connectivity index (χ0v) is 11.3. The minimum atomic E-state index is -2.88. The molecule has 23 heavy (non-hydrogen) atoms. The van der Waals surface area contributed by atoms with Gasteiger partial charge in [0.2, 0.25) is 0 Å². The highest BCUT2D eigenvalue weighted by molar-refractivity contribution is 5.98. The van der Waals surface area contributed by atoms with Gasteiger partial charge in [-0.3, -0.25) is 10.1 Å². The standard InChI is InChI=1S/C12H9F2N5O4/c13-12(14)18-6-5-9(16-18)11(20)23-17-10(15)7-1-3-8(4-2-7)19(21)22/h1-6,12H,(H2,15,17). The van der Waals surface area contributed by atoms with E-state index in [9.17, 15) is 23.7 Å². The summed E-state index contributed by atoms with van der Waals surface area (Å²) < 4.78 is 24.9. The molecule has 0 aliphatic carbocycles. The Morgan fingerprint density at radius 3 is 2.52 bits per heavy atom. The quantitative estimate of drug-likeness (QED) is 0.293. The van der Waals surface area contributed by atoms with E-state index in [-0.39, 0.29) is 27.5 Å². The Morgan fingerprint density at radius 1 is 1.35 bits per heavy atom. The van der Waals surface area contributed by atoms with Crippen LogP contribution in [0.1, 0.15) is 22.6 Å². The van der Waals surface area contributed by atoms with Gasteiger partial charge in [-0.15, -0.1) is 0 Å². The number of hydrogen-bond donors (Lipinski definition) is 1. The molecule has 1 heterocycles. The number of aromatic nitrogens is 2. The monoisotopic (exact) mass is 325 g/mol. The molecule has 0 unspecified atom stereocenters. The first-order valence-corrected chi connectivity index (χ1v) is 6.01. The fourth-order valence-electron chi connectivity index (χ4n) is 1.50. The third-order valence-corrected chi connectivity index (χ3v) is 2.62. The highest BCUT2D eigenvalue weighted by Gasteiger charge is 2.15. The number of benzene rings is 1. The molecule has 2 N–H and O–H groups in total. The molecule has 0 aliphatic heterocycles. The third-order valence-electron chi connectivity index (χ3n) is 2.62. The van der Waals surface area contributed by atoms with Gasteiger partial charge in [0.05, 0.1) is 4.92 Å². The lowest BCUT2D eigenvalue weighted by Crippen LogP contribution is -2.15. The van der Waals surface area contributed by atoms with E-state index in [1.54, 1.807) is 0 Å². The first-order valence-electron chi connectivity index (χ1n) is 6.01. The van der Waals surface area contributed by atoms with Crippen molar-refractivity contribution in [2.45, 2.75) is 6.55 Å². The van der Waals surface area contributed by atoms with E-state index in [2.05, 4.69) is 15.1 Å². The number of carbonyl (C=O) groups is 1. The van der Waals surface area contributed by atoms with Crippen LogP contribution in [0.3, 0.4) is 0 Å². The van der Waals surface area contributed by atoms with Crippen LogP contribution >= 0.6 is 0 Å². The maximum absolute atomic E-state index is 12.3. The maximum atomic E-state index is 12.3. The number of non-ortho nitro benzene ring substituents is 1. The lowest BCUT2D eigenvalue weighted by molar-refractivity contribution is -0.384. The van der Waals surface area contributed by atoms with Crippen LogP contribution in [0.4, 0.5) is 14.5 Å². The van der Waals surface area contributed by atoms with E-state index in [0.29, 0.717) is 0 Å². The Morgan fingerprint density at radius 2 is 2.00 bits per heavy atom. The number of nitrogens with zero attached hydrogens (tertiary/aromatic N) is 4. The highest BCUT2D eigenvalue weighted by Crippen LogP contribution is 2.12. The minimum absolute atomic E-state index is 0.143. The van der Waals surface area contributed by atoms with Gasteiger partial charge in [0.1, 0.15) is 0 Å². The predicted molar refractivity (Wildman–Crippen MR) is 72.7 cm³/mol. The zero-order valence-electron chi connectivity index (χ0n) is 11.3. The fourth-order valence-corrected chi connectivity index (χ4v) is 1.50. The molecule has 0 atom stereocenters. The molecule has 0 amide bonds. The first kappa shape index (κ1) is 16.0. The van der Waals surface area contributed by atoms with Crippen molar-refractivity contribution in [2.75, 3.05) is 0 Å². The van der Waals surface area contributed by atoms with Crippen LogP contribution in [-0.2, 0) is 4.84 Å². The SMILES string of the molecule is N/C(=N\OC(=O)c1ccn(C(F)F)n1)c1ccc([N+](=O)[O-])cc1. The van der Waals surface area contributed by atoms with Crippen molar-refractivity contribution in [3.05, 3.63) is 57.9 Å². The molecular formula is C12H9F2N5O4. The summed E-state index contributed by atoms with van der Waals surface area (Å²) >= 11 is 0. The fraction of sp³-hybridized carbons (Fsp3) is 0.0833. The summed E-state index contributed by atoms with van der Waals surface area (Å²) in [4.78, 5) is 26.0. The predicted octanol–water partition coefficient (Wildman–Crippen LogP) is 1.66. The van der Waals surface area contributed by atoms with Gasteiger partial charge in [-0.25, -0.2) is 9.48 Å². The summed E-state index contributed by atoms with van der Waals surface area (Å²) in [5.74, 6) is -1.30. The van der Waals surface area contributed by atoms with Crippen LogP contribution in [-0.4, -0.2) is 26.5 Å². The molecule has 0 saturated carbocycles. The van der Waals surface area contributed by atoms with E-state index in [1.165, 1.54) is 24.3 Å². The van der Waals surface area contributed by atoms with Crippen molar-refractivity contribution in [1.82, 2.24) is 9.78 Å². The second kappa shape index (κ2) is 6.60. The molecule has 0 spiro atoms. The smallest absolute Gasteiger partial charge is 0.380 e. The number of hydrogen-bond acceptors (Lipinski definition) is 6. The molecule has 0 fully saturated rings. The van der Waals surface area contributed by atoms with Crippen molar-refractivity contribution >= 4 is 17.5 Å². The molecule has 0 bridgehead atoms. The van der Waals surface area contributed by atoms with Crippen LogP contribution in [0.25, 0.3) is 0 Å². The summed E-state index contributed by atoms with van der Waals surface area (Å²) in [6.45, 7) is -2.88. The summed E-state index contributed by atoms with van der Waals surface area (Å²) in [6.07, 6.45) is 0.907. The summed E-state index contributed by atoms with van der Waals surface area (Å²) in [7, 11) is 0. The number of amidine groups is 1. The van der Waals surface area contributed by atoms with Gasteiger partial charge in [0.25, 0.3) is 5.69 Å². The van der Waals surface area contributed by atoms with Gasteiger partial charge < -0.3 is 10.6 Å². The number of alkyl halides is 2. The molecule has 0 aliphatic rings. The Hall–Kier alpha value is -3.37. The van der Waals surface area contributed by atoms with Crippen molar-refractivity contribution < 1.29 is 23.3 Å². The Bertz CT molecular complexity index is 757. The minimum Gasteiger partial charge on any atom is -0.380 e. The highest BCUT2D eigenvalue weighted by atomic mass is 19.3. The van der Waals surface area contributed by atoms with Gasteiger partial charge >= 0.3 is 12.5 Å². The molecule has 2 rings (SSSR count). The van der Waals surface area contributed by atoms with Gasteiger partial charge in [0.15, 0.2) is 11.5 Å². The summed E-state index contributed by atoms with van der Waals surface area (Å²) in [5, 5.41) is 17.2. The lowest BCUT2D eigenvalue weighted by Gasteiger charge is -2.00. The number of carbonyl (C=O) groups excluding carboxylic acids is 1. The molecule has 0 radical (unpaired) electrons. The normalized spacial score (nSPS) is 11.5. The van der Waals surface area contributed by atoms with E-state index in [4.69, 9.17) is 5.73 Å². The van der Waals surface area contributed by atoms with Crippen molar-refractivity contribution in [2.24, 2.45) is 10.9 Å².